The van der Waals surface area contributed by atoms with E-state index in [2.05, 4.69) is 4.98 Å². The molecule has 1 amide bonds. The Labute approximate surface area is 196 Å². The highest BCUT2D eigenvalue weighted by atomic mass is 19.1. The Morgan fingerprint density at radius 1 is 0.941 bits per heavy atom. The summed E-state index contributed by atoms with van der Waals surface area (Å²) in [5.74, 6) is 1.36. The number of methoxy groups -OCH3 is 3. The molecule has 3 aromatic carbocycles. The van der Waals surface area contributed by atoms with Gasteiger partial charge in [-0.25, -0.2) is 4.39 Å². The highest BCUT2D eigenvalue weighted by Crippen LogP contribution is 2.40. The van der Waals surface area contributed by atoms with Gasteiger partial charge in [0, 0.05) is 28.7 Å². The molecule has 5 rings (SSSR count). The number of aromatic nitrogens is 1. The van der Waals surface area contributed by atoms with Crippen LogP contribution in [0.2, 0.25) is 0 Å². The van der Waals surface area contributed by atoms with Gasteiger partial charge >= 0.3 is 0 Å². The number of rotatable bonds is 5. The minimum absolute atomic E-state index is 0.142. The van der Waals surface area contributed by atoms with E-state index in [1.54, 1.807) is 51.7 Å². The number of halogens is 1. The van der Waals surface area contributed by atoms with Gasteiger partial charge in [-0.1, -0.05) is 12.1 Å². The summed E-state index contributed by atoms with van der Waals surface area (Å²) in [5, 5.41) is 1.07. The summed E-state index contributed by atoms with van der Waals surface area (Å²) >= 11 is 0. The molecule has 0 radical (unpaired) electrons. The van der Waals surface area contributed by atoms with Gasteiger partial charge in [0.2, 0.25) is 0 Å². The number of H-pyrrole nitrogens is 1. The van der Waals surface area contributed by atoms with E-state index in [-0.39, 0.29) is 11.7 Å². The van der Waals surface area contributed by atoms with Crippen LogP contribution in [0.3, 0.4) is 0 Å². The fourth-order valence-electron chi connectivity index (χ4n) is 4.74. The molecule has 6 nitrogen and oxygen atoms in total. The van der Waals surface area contributed by atoms with Gasteiger partial charge in [0.25, 0.3) is 5.91 Å². The van der Waals surface area contributed by atoms with Crippen molar-refractivity contribution < 1.29 is 23.4 Å². The van der Waals surface area contributed by atoms with E-state index < -0.39 is 6.04 Å². The van der Waals surface area contributed by atoms with Gasteiger partial charge < -0.3 is 24.1 Å². The molecule has 0 saturated heterocycles. The topological polar surface area (TPSA) is 63.8 Å². The van der Waals surface area contributed by atoms with Crippen LogP contribution in [0.5, 0.6) is 17.2 Å². The first-order chi connectivity index (χ1) is 16.5. The summed E-state index contributed by atoms with van der Waals surface area (Å²) in [7, 11) is 4.74. The summed E-state index contributed by atoms with van der Waals surface area (Å²) in [6.07, 6.45) is 0.680. The number of hydrogen-bond donors (Lipinski definition) is 1. The summed E-state index contributed by atoms with van der Waals surface area (Å²) in [5.41, 5.74) is 4.36. The van der Waals surface area contributed by atoms with Gasteiger partial charge in [-0.2, -0.15) is 0 Å². The second-order valence-electron chi connectivity index (χ2n) is 8.20. The number of nitrogens with one attached hydrogen (secondary N) is 1. The standard InChI is InChI=1S/C27H25FN2O4/c1-32-19-9-10-22-21(15-19)20-12-13-30(26(25(20)29-22)16-4-7-18(28)8-5-16)27(31)17-6-11-23(33-2)24(14-17)34-3/h4-11,14-15,26,29H,12-13H2,1-3H3/t26-/m1/s1. The maximum atomic E-state index is 13.8. The van der Waals surface area contributed by atoms with E-state index in [0.717, 1.165) is 33.5 Å². The fraction of sp³-hybridized carbons (Fsp3) is 0.222. The Balaban J connectivity index is 1.63. The zero-order valence-corrected chi connectivity index (χ0v) is 19.2. The number of ether oxygens (including phenoxy) is 3. The molecule has 1 N–H and O–H groups in total. The Kier molecular flexibility index (Phi) is 5.61. The molecule has 34 heavy (non-hydrogen) atoms. The third kappa shape index (κ3) is 3.63. The zero-order chi connectivity index (χ0) is 23.8. The molecule has 0 unspecified atom stereocenters. The van der Waals surface area contributed by atoms with Crippen LogP contribution in [-0.2, 0) is 6.42 Å². The van der Waals surface area contributed by atoms with Crippen LogP contribution in [0.25, 0.3) is 10.9 Å². The van der Waals surface area contributed by atoms with Gasteiger partial charge in [0.1, 0.15) is 11.6 Å². The summed E-state index contributed by atoms with van der Waals surface area (Å²) < 4.78 is 29.9. The molecule has 174 valence electrons. The van der Waals surface area contributed by atoms with Gasteiger partial charge in [0.15, 0.2) is 11.5 Å². The van der Waals surface area contributed by atoms with Crippen molar-refractivity contribution in [2.45, 2.75) is 12.5 Å². The Morgan fingerprint density at radius 2 is 1.71 bits per heavy atom. The second-order valence-corrected chi connectivity index (χ2v) is 8.20. The smallest absolute Gasteiger partial charge is 0.254 e. The zero-order valence-electron chi connectivity index (χ0n) is 19.2. The molecule has 7 heteroatoms. The molecule has 0 bridgehead atoms. The van der Waals surface area contributed by atoms with Crippen LogP contribution in [0.4, 0.5) is 4.39 Å². The summed E-state index contributed by atoms with van der Waals surface area (Å²) in [6.45, 7) is 0.506. The average Bonchev–Trinajstić information content (AvgIpc) is 3.25. The third-order valence-electron chi connectivity index (χ3n) is 6.41. The van der Waals surface area contributed by atoms with Crippen molar-refractivity contribution in [1.82, 2.24) is 9.88 Å². The number of nitrogens with zero attached hydrogens (tertiary/aromatic N) is 1. The van der Waals surface area contributed by atoms with E-state index in [4.69, 9.17) is 14.2 Å². The minimum Gasteiger partial charge on any atom is -0.497 e. The van der Waals surface area contributed by atoms with E-state index in [0.29, 0.717) is 30.0 Å². The predicted octanol–water partition coefficient (Wildman–Crippen LogP) is 5.12. The number of fused-ring (bicyclic) bond motifs is 3. The molecule has 4 aromatic rings. The van der Waals surface area contributed by atoms with Crippen LogP contribution in [0, 0.1) is 5.82 Å². The molecule has 1 aliphatic heterocycles. The normalized spacial score (nSPS) is 15.2. The van der Waals surface area contributed by atoms with Gasteiger partial charge in [-0.15, -0.1) is 0 Å². The lowest BCUT2D eigenvalue weighted by Gasteiger charge is -2.36. The first-order valence-electron chi connectivity index (χ1n) is 11.0. The second kappa shape index (κ2) is 8.74. The van der Waals surface area contributed by atoms with E-state index in [1.807, 2.05) is 23.1 Å². The predicted molar refractivity (Wildman–Crippen MR) is 127 cm³/mol. The molecular formula is C27H25FN2O4. The van der Waals surface area contributed by atoms with Crippen molar-refractivity contribution in [1.29, 1.82) is 0 Å². The monoisotopic (exact) mass is 460 g/mol. The van der Waals surface area contributed by atoms with Crippen LogP contribution in [0.1, 0.15) is 33.2 Å². The average molecular weight is 461 g/mol. The molecule has 0 saturated carbocycles. The molecule has 0 fully saturated rings. The highest BCUT2D eigenvalue weighted by molar-refractivity contribution is 5.96. The maximum absolute atomic E-state index is 13.8. The quantitative estimate of drug-likeness (QED) is 0.449. The molecule has 1 atom stereocenters. The lowest BCUT2D eigenvalue weighted by atomic mass is 9.91. The first-order valence-corrected chi connectivity index (χ1v) is 11.0. The van der Waals surface area contributed by atoms with E-state index in [9.17, 15) is 9.18 Å². The van der Waals surface area contributed by atoms with E-state index in [1.165, 1.54) is 12.1 Å². The van der Waals surface area contributed by atoms with Crippen molar-refractivity contribution in [2.24, 2.45) is 0 Å². The highest BCUT2D eigenvalue weighted by Gasteiger charge is 2.35. The van der Waals surface area contributed by atoms with Crippen molar-refractivity contribution in [3.8, 4) is 17.2 Å². The van der Waals surface area contributed by atoms with Crippen molar-refractivity contribution in [3.63, 3.8) is 0 Å². The first kappa shape index (κ1) is 21.8. The largest absolute Gasteiger partial charge is 0.497 e. The molecule has 0 spiro atoms. The summed E-state index contributed by atoms with van der Waals surface area (Å²) in [6, 6.07) is 17.0. The van der Waals surface area contributed by atoms with Gasteiger partial charge in [-0.3, -0.25) is 4.79 Å². The summed E-state index contributed by atoms with van der Waals surface area (Å²) in [4.78, 5) is 19.1. The van der Waals surface area contributed by atoms with Crippen molar-refractivity contribution in [3.05, 3.63) is 88.9 Å². The SMILES string of the molecule is COc1ccc2[nH]c3c(c2c1)CCN(C(=O)c1ccc(OC)c(OC)c1)[C@@H]3c1ccc(F)cc1. The molecular weight excluding hydrogens is 435 g/mol. The number of aromatic amines is 1. The molecule has 0 aliphatic carbocycles. The number of hydrogen-bond acceptors (Lipinski definition) is 4. The lowest BCUT2D eigenvalue weighted by molar-refractivity contribution is 0.0691. The third-order valence-corrected chi connectivity index (χ3v) is 6.41. The Morgan fingerprint density at radius 3 is 2.41 bits per heavy atom. The van der Waals surface area contributed by atoms with Gasteiger partial charge in [-0.05, 0) is 66.1 Å². The number of benzene rings is 3. The maximum Gasteiger partial charge on any atom is 0.254 e. The minimum atomic E-state index is -0.400. The van der Waals surface area contributed by atoms with Gasteiger partial charge in [0.05, 0.1) is 27.4 Å². The van der Waals surface area contributed by atoms with Crippen LogP contribution in [0.15, 0.2) is 60.7 Å². The van der Waals surface area contributed by atoms with E-state index >= 15 is 0 Å². The Hall–Kier alpha value is -4.00. The Bertz CT molecular complexity index is 1360. The lowest BCUT2D eigenvalue weighted by Crippen LogP contribution is -2.40. The van der Waals surface area contributed by atoms with Crippen molar-refractivity contribution >= 4 is 16.8 Å². The molecule has 1 aromatic heterocycles. The van der Waals surface area contributed by atoms with Crippen LogP contribution in [-0.4, -0.2) is 43.7 Å². The van der Waals surface area contributed by atoms with Crippen LogP contribution < -0.4 is 14.2 Å². The van der Waals surface area contributed by atoms with Crippen LogP contribution >= 0.6 is 0 Å². The number of amides is 1. The molecule has 2 heterocycles. The number of carbonyl (C=O) groups excluding carboxylic acids is 1. The fourth-order valence-corrected chi connectivity index (χ4v) is 4.74. The molecule has 1 aliphatic rings. The number of carbonyl (C=O) groups is 1. The van der Waals surface area contributed by atoms with Crippen molar-refractivity contribution in [2.75, 3.05) is 27.9 Å².